The lowest BCUT2D eigenvalue weighted by molar-refractivity contribution is -0.140. The SMILES string of the molecule is CN=C(NCCc1nc(C(F)(F)F)cs1)NC1CCN(c2cccc(F)c2)CC1. The molecule has 1 aromatic carbocycles. The highest BCUT2D eigenvalue weighted by molar-refractivity contribution is 7.09. The number of aromatic nitrogens is 1. The topological polar surface area (TPSA) is 52.6 Å². The summed E-state index contributed by atoms with van der Waals surface area (Å²) in [5.41, 5.74) is 0.0395. The van der Waals surface area contributed by atoms with Crippen molar-refractivity contribution in [3.05, 3.63) is 46.2 Å². The van der Waals surface area contributed by atoms with Crippen molar-refractivity contribution < 1.29 is 17.6 Å². The van der Waals surface area contributed by atoms with Gasteiger partial charge in [0.15, 0.2) is 11.7 Å². The number of nitrogens with zero attached hydrogens (tertiary/aromatic N) is 3. The van der Waals surface area contributed by atoms with E-state index in [0.29, 0.717) is 23.9 Å². The first-order valence-electron chi connectivity index (χ1n) is 9.34. The second kappa shape index (κ2) is 9.43. The molecule has 29 heavy (non-hydrogen) atoms. The molecule has 0 unspecified atom stereocenters. The zero-order valence-electron chi connectivity index (χ0n) is 16.0. The van der Waals surface area contributed by atoms with Gasteiger partial charge in [0.25, 0.3) is 0 Å². The quantitative estimate of drug-likeness (QED) is 0.433. The largest absolute Gasteiger partial charge is 0.434 e. The fourth-order valence-electron chi connectivity index (χ4n) is 3.19. The molecule has 0 amide bonds. The van der Waals surface area contributed by atoms with E-state index in [9.17, 15) is 17.6 Å². The second-order valence-corrected chi connectivity index (χ2v) is 7.70. The van der Waals surface area contributed by atoms with Crippen LogP contribution >= 0.6 is 11.3 Å². The number of alkyl halides is 3. The number of halogens is 4. The van der Waals surface area contributed by atoms with Crippen LogP contribution in [0.5, 0.6) is 0 Å². The number of hydrogen-bond acceptors (Lipinski definition) is 4. The average Bonchev–Trinajstić information content (AvgIpc) is 3.17. The molecule has 0 radical (unpaired) electrons. The summed E-state index contributed by atoms with van der Waals surface area (Å²) in [4.78, 5) is 9.96. The predicted octanol–water partition coefficient (Wildman–Crippen LogP) is 3.68. The molecule has 2 N–H and O–H groups in total. The van der Waals surface area contributed by atoms with Crippen LogP contribution in [0.15, 0.2) is 34.6 Å². The van der Waals surface area contributed by atoms with Crippen molar-refractivity contribution in [1.82, 2.24) is 15.6 Å². The molecule has 0 atom stereocenters. The highest BCUT2D eigenvalue weighted by Gasteiger charge is 2.33. The van der Waals surface area contributed by atoms with Gasteiger partial charge in [-0.25, -0.2) is 9.37 Å². The van der Waals surface area contributed by atoms with Gasteiger partial charge in [-0.15, -0.1) is 11.3 Å². The number of rotatable bonds is 5. The zero-order valence-corrected chi connectivity index (χ0v) is 16.8. The van der Waals surface area contributed by atoms with E-state index in [1.165, 1.54) is 12.1 Å². The van der Waals surface area contributed by atoms with Crippen molar-refractivity contribution in [3.8, 4) is 0 Å². The first-order chi connectivity index (χ1) is 13.8. The number of guanidine groups is 1. The second-order valence-electron chi connectivity index (χ2n) is 6.76. The van der Waals surface area contributed by atoms with E-state index in [1.54, 1.807) is 13.1 Å². The molecule has 1 saturated heterocycles. The van der Waals surface area contributed by atoms with Crippen LogP contribution in [0.25, 0.3) is 0 Å². The molecule has 1 aliphatic rings. The minimum Gasteiger partial charge on any atom is -0.371 e. The van der Waals surface area contributed by atoms with E-state index < -0.39 is 11.9 Å². The van der Waals surface area contributed by atoms with Crippen molar-refractivity contribution in [2.45, 2.75) is 31.5 Å². The number of nitrogens with one attached hydrogen (secondary N) is 2. The first kappa shape index (κ1) is 21.4. The van der Waals surface area contributed by atoms with Crippen molar-refractivity contribution >= 4 is 23.0 Å². The Kier molecular flexibility index (Phi) is 6.94. The minimum atomic E-state index is -4.40. The molecule has 0 aliphatic carbocycles. The summed E-state index contributed by atoms with van der Waals surface area (Å²) < 4.78 is 51.2. The lowest BCUT2D eigenvalue weighted by Gasteiger charge is -2.34. The van der Waals surface area contributed by atoms with Crippen LogP contribution in [0.3, 0.4) is 0 Å². The van der Waals surface area contributed by atoms with Crippen LogP contribution < -0.4 is 15.5 Å². The summed E-state index contributed by atoms with van der Waals surface area (Å²) in [6, 6.07) is 6.81. The number of piperidine rings is 1. The molecule has 0 spiro atoms. The fourth-order valence-corrected chi connectivity index (χ4v) is 3.99. The van der Waals surface area contributed by atoms with Crippen LogP contribution in [-0.2, 0) is 12.6 Å². The van der Waals surface area contributed by atoms with Crippen LogP contribution in [0.2, 0.25) is 0 Å². The molecular formula is C19H23F4N5S. The van der Waals surface area contributed by atoms with Crippen molar-refractivity contribution in [3.63, 3.8) is 0 Å². The van der Waals surface area contributed by atoms with Gasteiger partial charge in [0.2, 0.25) is 0 Å². The fraction of sp³-hybridized carbons (Fsp3) is 0.474. The summed E-state index contributed by atoms with van der Waals surface area (Å²) in [6.45, 7) is 2.04. The summed E-state index contributed by atoms with van der Waals surface area (Å²) in [6.07, 6.45) is -2.27. The van der Waals surface area contributed by atoms with E-state index in [2.05, 4.69) is 25.5 Å². The standard InChI is InChI=1S/C19H23F4N5S/c1-24-18(25-8-5-17-27-16(12-29-17)19(21,22)23)26-14-6-9-28(10-7-14)15-4-2-3-13(20)11-15/h2-4,11-12,14H,5-10H2,1H3,(H2,24,25,26). The Hall–Kier alpha value is -2.36. The normalized spacial score (nSPS) is 16.2. The summed E-state index contributed by atoms with van der Waals surface area (Å²) in [5, 5.41) is 7.94. The smallest absolute Gasteiger partial charge is 0.371 e. The van der Waals surface area contributed by atoms with E-state index in [-0.39, 0.29) is 11.9 Å². The first-order valence-corrected chi connectivity index (χ1v) is 10.2. The van der Waals surface area contributed by atoms with Gasteiger partial charge in [0.05, 0.1) is 5.01 Å². The Bertz CT molecular complexity index is 828. The molecule has 2 aromatic rings. The maximum Gasteiger partial charge on any atom is 0.434 e. The Labute approximate surface area is 170 Å². The third-order valence-electron chi connectivity index (χ3n) is 4.71. The van der Waals surface area contributed by atoms with Crippen LogP contribution in [0.1, 0.15) is 23.5 Å². The number of aliphatic imine (C=N–C) groups is 1. The highest BCUT2D eigenvalue weighted by Crippen LogP contribution is 2.30. The van der Waals surface area contributed by atoms with E-state index in [4.69, 9.17) is 0 Å². The van der Waals surface area contributed by atoms with Gasteiger partial charge in [-0.05, 0) is 31.0 Å². The van der Waals surface area contributed by atoms with Crippen LogP contribution in [0.4, 0.5) is 23.2 Å². The third-order valence-corrected chi connectivity index (χ3v) is 5.61. The molecule has 10 heteroatoms. The Morgan fingerprint density at radius 3 is 2.69 bits per heavy atom. The van der Waals surface area contributed by atoms with Gasteiger partial charge in [-0.1, -0.05) is 6.07 Å². The third kappa shape index (κ3) is 6.06. The molecule has 1 aromatic heterocycles. The molecule has 2 heterocycles. The van der Waals surface area contributed by atoms with Gasteiger partial charge < -0.3 is 15.5 Å². The van der Waals surface area contributed by atoms with Gasteiger partial charge in [-0.3, -0.25) is 4.99 Å². The Morgan fingerprint density at radius 1 is 1.31 bits per heavy atom. The van der Waals surface area contributed by atoms with Crippen molar-refractivity contribution in [2.24, 2.45) is 4.99 Å². The average molecular weight is 429 g/mol. The van der Waals surface area contributed by atoms with E-state index >= 15 is 0 Å². The van der Waals surface area contributed by atoms with Crippen LogP contribution in [-0.4, -0.2) is 43.7 Å². The zero-order chi connectivity index (χ0) is 20.9. The van der Waals surface area contributed by atoms with Gasteiger partial charge in [0.1, 0.15) is 5.82 Å². The van der Waals surface area contributed by atoms with Gasteiger partial charge in [0, 0.05) is 50.2 Å². The van der Waals surface area contributed by atoms with Crippen molar-refractivity contribution in [2.75, 3.05) is 31.6 Å². The predicted molar refractivity (Wildman–Crippen MR) is 107 cm³/mol. The lowest BCUT2D eigenvalue weighted by atomic mass is 10.0. The number of hydrogen-bond donors (Lipinski definition) is 2. The summed E-state index contributed by atoms with van der Waals surface area (Å²) >= 11 is 1.01. The van der Waals surface area contributed by atoms with E-state index in [0.717, 1.165) is 48.3 Å². The molecule has 158 valence electrons. The Balaban J connectivity index is 1.42. The number of thiazole rings is 1. The molecule has 1 aliphatic heterocycles. The lowest BCUT2D eigenvalue weighted by Crippen LogP contribution is -2.49. The Morgan fingerprint density at radius 2 is 2.07 bits per heavy atom. The van der Waals surface area contributed by atoms with E-state index in [1.807, 2.05) is 6.07 Å². The maximum absolute atomic E-state index is 13.4. The summed E-state index contributed by atoms with van der Waals surface area (Å²) in [7, 11) is 1.66. The minimum absolute atomic E-state index is 0.225. The molecule has 0 bridgehead atoms. The molecule has 3 rings (SSSR count). The molecular weight excluding hydrogens is 406 g/mol. The highest BCUT2D eigenvalue weighted by atomic mass is 32.1. The molecule has 0 saturated carbocycles. The maximum atomic E-state index is 13.4. The van der Waals surface area contributed by atoms with Gasteiger partial charge >= 0.3 is 6.18 Å². The van der Waals surface area contributed by atoms with Crippen molar-refractivity contribution in [1.29, 1.82) is 0 Å². The molecule has 5 nitrogen and oxygen atoms in total. The number of benzene rings is 1. The monoisotopic (exact) mass is 429 g/mol. The van der Waals surface area contributed by atoms with Crippen LogP contribution in [0, 0.1) is 5.82 Å². The summed E-state index contributed by atoms with van der Waals surface area (Å²) in [5.74, 6) is 0.372. The number of anilines is 1. The van der Waals surface area contributed by atoms with Gasteiger partial charge in [-0.2, -0.15) is 13.2 Å². The molecule has 1 fully saturated rings.